The van der Waals surface area contributed by atoms with Gasteiger partial charge in [0.1, 0.15) is 11.9 Å². The summed E-state index contributed by atoms with van der Waals surface area (Å²) in [6, 6.07) is 10.1. The smallest absolute Gasteiger partial charge is 0.325 e. The molecule has 27 heavy (non-hydrogen) atoms. The Kier molecular flexibility index (Phi) is 5.21. The lowest BCUT2D eigenvalue weighted by atomic mass is 9.99. The van der Waals surface area contributed by atoms with Crippen molar-refractivity contribution in [2.75, 3.05) is 11.9 Å². The number of nitrogens with one attached hydrogen (secondary N) is 2. The molecule has 2 N–H and O–H groups in total. The Balaban J connectivity index is 1.91. The zero-order valence-electron chi connectivity index (χ0n) is 15.1. The highest BCUT2D eigenvalue weighted by Gasteiger charge is 2.39. The molecule has 0 saturated carbocycles. The monoisotopic (exact) mass is 369 g/mol. The van der Waals surface area contributed by atoms with E-state index in [-0.39, 0.29) is 18.7 Å². The van der Waals surface area contributed by atoms with Gasteiger partial charge >= 0.3 is 6.03 Å². The summed E-state index contributed by atoms with van der Waals surface area (Å²) in [5.41, 5.74) is 2.49. The van der Waals surface area contributed by atoms with Crippen LogP contribution in [-0.4, -0.2) is 35.3 Å². The zero-order chi connectivity index (χ0) is 19.6. The maximum Gasteiger partial charge on any atom is 0.325 e. The Hall–Kier alpha value is -3.22. The van der Waals surface area contributed by atoms with Crippen molar-refractivity contribution in [3.63, 3.8) is 0 Å². The lowest BCUT2D eigenvalue weighted by Gasteiger charge is -2.25. The molecule has 0 radical (unpaired) electrons. The fraction of sp³-hybridized carbons (Fsp3) is 0.250. The van der Waals surface area contributed by atoms with E-state index in [1.807, 2.05) is 31.2 Å². The first-order valence-electron chi connectivity index (χ1n) is 8.58. The number of rotatable bonds is 5. The van der Waals surface area contributed by atoms with E-state index >= 15 is 0 Å². The minimum atomic E-state index is -1.08. The minimum absolute atomic E-state index is 0.00689. The van der Waals surface area contributed by atoms with Gasteiger partial charge in [-0.15, -0.1) is 0 Å². The van der Waals surface area contributed by atoms with Gasteiger partial charge in [-0.1, -0.05) is 30.3 Å². The first-order chi connectivity index (χ1) is 12.9. The van der Waals surface area contributed by atoms with E-state index < -0.39 is 29.7 Å². The van der Waals surface area contributed by atoms with E-state index in [1.165, 1.54) is 12.1 Å². The molecule has 1 fully saturated rings. The number of aryl methyl sites for hydroxylation is 2. The van der Waals surface area contributed by atoms with Gasteiger partial charge in [-0.3, -0.25) is 9.59 Å². The van der Waals surface area contributed by atoms with Gasteiger partial charge < -0.3 is 10.6 Å². The van der Waals surface area contributed by atoms with Crippen LogP contribution in [0.2, 0.25) is 0 Å². The second kappa shape index (κ2) is 7.57. The van der Waals surface area contributed by atoms with Crippen LogP contribution in [0.1, 0.15) is 16.7 Å². The lowest BCUT2D eigenvalue weighted by molar-refractivity contribution is -0.132. The SMILES string of the molecule is Cc1ccc(NC(=O)C(Cc2ccccc2C)N2C(=O)CNC2=O)c(F)c1. The quantitative estimate of drug-likeness (QED) is 0.795. The molecule has 1 atom stereocenters. The van der Waals surface area contributed by atoms with Crippen molar-refractivity contribution in [1.29, 1.82) is 0 Å². The van der Waals surface area contributed by atoms with E-state index in [0.717, 1.165) is 21.6 Å². The van der Waals surface area contributed by atoms with Gasteiger partial charge in [-0.25, -0.2) is 14.1 Å². The molecule has 4 amide bonds. The van der Waals surface area contributed by atoms with Crippen LogP contribution < -0.4 is 10.6 Å². The molecule has 7 heteroatoms. The Morgan fingerprint density at radius 3 is 2.59 bits per heavy atom. The van der Waals surface area contributed by atoms with Crippen LogP contribution in [0.25, 0.3) is 0 Å². The predicted octanol–water partition coefficient (Wildman–Crippen LogP) is 2.54. The molecule has 2 aromatic carbocycles. The van der Waals surface area contributed by atoms with E-state index in [1.54, 1.807) is 13.0 Å². The highest BCUT2D eigenvalue weighted by atomic mass is 19.1. The number of hydrogen-bond acceptors (Lipinski definition) is 3. The molecule has 0 bridgehead atoms. The lowest BCUT2D eigenvalue weighted by Crippen LogP contribution is -2.49. The number of amides is 4. The number of imide groups is 1. The molecule has 1 aliphatic rings. The number of nitrogens with zero attached hydrogens (tertiary/aromatic N) is 1. The Labute approximate surface area is 156 Å². The molecule has 0 aromatic heterocycles. The summed E-state index contributed by atoms with van der Waals surface area (Å²) >= 11 is 0. The van der Waals surface area contributed by atoms with Crippen LogP contribution in [-0.2, 0) is 16.0 Å². The Morgan fingerprint density at radius 2 is 1.96 bits per heavy atom. The molecule has 1 saturated heterocycles. The van der Waals surface area contributed by atoms with Gasteiger partial charge in [0.2, 0.25) is 5.91 Å². The summed E-state index contributed by atoms with van der Waals surface area (Å²) in [7, 11) is 0. The molecule has 0 aliphatic carbocycles. The van der Waals surface area contributed by atoms with E-state index in [0.29, 0.717) is 0 Å². The zero-order valence-corrected chi connectivity index (χ0v) is 15.1. The molecule has 1 heterocycles. The first-order valence-corrected chi connectivity index (χ1v) is 8.58. The van der Waals surface area contributed by atoms with E-state index in [2.05, 4.69) is 10.6 Å². The van der Waals surface area contributed by atoms with Gasteiger partial charge in [-0.2, -0.15) is 0 Å². The van der Waals surface area contributed by atoms with Crippen LogP contribution >= 0.6 is 0 Å². The summed E-state index contributed by atoms with van der Waals surface area (Å²) in [4.78, 5) is 38.1. The standard InChI is InChI=1S/C20H20FN3O3/c1-12-7-8-16(15(21)9-12)23-19(26)17(24-18(25)11-22-20(24)27)10-14-6-4-3-5-13(14)2/h3-9,17H,10-11H2,1-2H3,(H,22,27)(H,23,26). The number of halogens is 1. The average molecular weight is 369 g/mol. The fourth-order valence-electron chi connectivity index (χ4n) is 3.04. The molecule has 6 nitrogen and oxygen atoms in total. The fourth-order valence-corrected chi connectivity index (χ4v) is 3.04. The predicted molar refractivity (Wildman–Crippen MR) is 98.7 cm³/mol. The summed E-state index contributed by atoms with van der Waals surface area (Å²) in [5, 5.41) is 4.93. The normalized spacial score (nSPS) is 14.9. The molecular weight excluding hydrogens is 349 g/mol. The number of carbonyl (C=O) groups excluding carboxylic acids is 3. The van der Waals surface area contributed by atoms with Gasteiger partial charge in [0.05, 0.1) is 12.2 Å². The molecule has 3 rings (SSSR count). The third kappa shape index (κ3) is 3.97. The minimum Gasteiger partial charge on any atom is -0.329 e. The second-order valence-electron chi connectivity index (χ2n) is 6.54. The van der Waals surface area contributed by atoms with Crippen molar-refractivity contribution in [2.24, 2.45) is 0 Å². The van der Waals surface area contributed by atoms with E-state index in [9.17, 15) is 18.8 Å². The largest absolute Gasteiger partial charge is 0.329 e. The maximum absolute atomic E-state index is 14.1. The number of hydrogen-bond donors (Lipinski definition) is 2. The van der Waals surface area contributed by atoms with Gasteiger partial charge in [-0.05, 0) is 42.7 Å². The van der Waals surface area contributed by atoms with Crippen LogP contribution in [0, 0.1) is 19.7 Å². The number of benzene rings is 2. The second-order valence-corrected chi connectivity index (χ2v) is 6.54. The first kappa shape index (κ1) is 18.6. The van der Waals surface area contributed by atoms with Crippen LogP contribution in [0.15, 0.2) is 42.5 Å². The number of urea groups is 1. The van der Waals surface area contributed by atoms with Crippen LogP contribution in [0.5, 0.6) is 0 Å². The maximum atomic E-state index is 14.1. The molecule has 0 spiro atoms. The Bertz CT molecular complexity index is 897. The van der Waals surface area contributed by atoms with Crippen LogP contribution in [0.4, 0.5) is 14.9 Å². The van der Waals surface area contributed by atoms with Crippen molar-refractivity contribution in [3.05, 3.63) is 65.0 Å². The third-order valence-corrected chi connectivity index (χ3v) is 4.55. The van der Waals surface area contributed by atoms with Crippen molar-refractivity contribution in [2.45, 2.75) is 26.3 Å². The molecule has 2 aromatic rings. The summed E-state index contributed by atoms with van der Waals surface area (Å²) < 4.78 is 14.1. The highest BCUT2D eigenvalue weighted by molar-refractivity contribution is 6.07. The highest BCUT2D eigenvalue weighted by Crippen LogP contribution is 2.20. The van der Waals surface area contributed by atoms with Gasteiger partial charge in [0, 0.05) is 6.42 Å². The average Bonchev–Trinajstić information content (AvgIpc) is 2.95. The Morgan fingerprint density at radius 1 is 1.22 bits per heavy atom. The molecule has 140 valence electrons. The van der Waals surface area contributed by atoms with Crippen molar-refractivity contribution in [1.82, 2.24) is 10.2 Å². The van der Waals surface area contributed by atoms with Crippen molar-refractivity contribution < 1.29 is 18.8 Å². The van der Waals surface area contributed by atoms with Gasteiger partial charge in [0.25, 0.3) is 5.91 Å². The summed E-state index contributed by atoms with van der Waals surface area (Å²) in [5.74, 6) is -1.68. The van der Waals surface area contributed by atoms with E-state index in [4.69, 9.17) is 0 Å². The van der Waals surface area contributed by atoms with Crippen molar-refractivity contribution in [3.8, 4) is 0 Å². The topological polar surface area (TPSA) is 78.5 Å². The van der Waals surface area contributed by atoms with Crippen molar-refractivity contribution >= 4 is 23.5 Å². The molecular formula is C20H20FN3O3. The number of anilines is 1. The molecule has 1 aliphatic heterocycles. The summed E-state index contributed by atoms with van der Waals surface area (Å²) in [6.07, 6.45) is 0.144. The van der Waals surface area contributed by atoms with Crippen LogP contribution in [0.3, 0.4) is 0 Å². The van der Waals surface area contributed by atoms with Gasteiger partial charge in [0.15, 0.2) is 0 Å². The molecule has 1 unspecified atom stereocenters. The summed E-state index contributed by atoms with van der Waals surface area (Å²) in [6.45, 7) is 3.47. The number of carbonyl (C=O) groups is 3. The third-order valence-electron chi connectivity index (χ3n) is 4.55.